The number of piperidine rings is 1. The first kappa shape index (κ1) is 15.8. The van der Waals surface area contributed by atoms with Crippen molar-refractivity contribution < 1.29 is 0 Å². The van der Waals surface area contributed by atoms with Gasteiger partial charge in [0.2, 0.25) is 0 Å². The molecule has 2 unspecified atom stereocenters. The van der Waals surface area contributed by atoms with Gasteiger partial charge in [-0.3, -0.25) is 5.41 Å². The topological polar surface area (TPSA) is 30.3 Å². The molecular formula is C18H26ClN3. The van der Waals surface area contributed by atoms with Crippen molar-refractivity contribution in [1.82, 2.24) is 9.80 Å². The van der Waals surface area contributed by atoms with Gasteiger partial charge in [0.15, 0.2) is 0 Å². The van der Waals surface area contributed by atoms with Gasteiger partial charge in [-0.1, -0.05) is 29.8 Å². The molecule has 0 radical (unpaired) electrons. The summed E-state index contributed by atoms with van der Waals surface area (Å²) in [6.45, 7) is 4.59. The lowest BCUT2D eigenvalue weighted by molar-refractivity contribution is 0.298. The van der Waals surface area contributed by atoms with Crippen LogP contribution in [0.1, 0.15) is 31.2 Å². The van der Waals surface area contributed by atoms with Gasteiger partial charge in [0.25, 0.3) is 0 Å². The Bertz CT molecular complexity index is 521. The summed E-state index contributed by atoms with van der Waals surface area (Å²) >= 11 is 6.19. The number of benzene rings is 1. The molecule has 1 aliphatic carbocycles. The van der Waals surface area contributed by atoms with Gasteiger partial charge >= 0.3 is 0 Å². The summed E-state index contributed by atoms with van der Waals surface area (Å²) < 4.78 is 0. The Hall–Kier alpha value is -1.06. The third-order valence-corrected chi connectivity index (χ3v) is 5.39. The zero-order valence-electron chi connectivity index (χ0n) is 13.4. The monoisotopic (exact) mass is 319 g/mol. The SMILES string of the molecule is CN(Cc1ccccc1Cl)C(=N)CCCCN1CC2CC2C1. The summed E-state index contributed by atoms with van der Waals surface area (Å²) in [4.78, 5) is 4.61. The van der Waals surface area contributed by atoms with Gasteiger partial charge in [-0.2, -0.15) is 0 Å². The summed E-state index contributed by atoms with van der Waals surface area (Å²) in [5.74, 6) is 2.77. The Morgan fingerprint density at radius 3 is 2.73 bits per heavy atom. The Morgan fingerprint density at radius 2 is 2.00 bits per heavy atom. The average Bonchev–Trinajstić information content (AvgIpc) is 3.12. The van der Waals surface area contributed by atoms with E-state index < -0.39 is 0 Å². The van der Waals surface area contributed by atoms with Crippen LogP contribution in [0, 0.1) is 17.2 Å². The third-order valence-electron chi connectivity index (χ3n) is 5.02. The second-order valence-corrected chi connectivity index (χ2v) is 7.27. The van der Waals surface area contributed by atoms with Crippen LogP contribution in [0.15, 0.2) is 24.3 Å². The van der Waals surface area contributed by atoms with E-state index >= 15 is 0 Å². The molecule has 2 aliphatic rings. The summed E-state index contributed by atoms with van der Waals surface area (Å²) in [5.41, 5.74) is 1.09. The number of nitrogens with one attached hydrogen (secondary N) is 1. The van der Waals surface area contributed by atoms with Crippen LogP contribution < -0.4 is 0 Å². The number of rotatable bonds is 7. The molecule has 4 heteroatoms. The van der Waals surface area contributed by atoms with Gasteiger partial charge in [-0.25, -0.2) is 0 Å². The zero-order chi connectivity index (χ0) is 15.5. The molecule has 0 spiro atoms. The van der Waals surface area contributed by atoms with Crippen molar-refractivity contribution in [3.05, 3.63) is 34.9 Å². The van der Waals surface area contributed by atoms with E-state index in [1.54, 1.807) is 0 Å². The molecule has 3 rings (SSSR count). The van der Waals surface area contributed by atoms with E-state index in [-0.39, 0.29) is 0 Å². The van der Waals surface area contributed by atoms with Crippen molar-refractivity contribution in [3.63, 3.8) is 0 Å². The minimum absolute atomic E-state index is 0.712. The quantitative estimate of drug-likeness (QED) is 0.470. The number of hydrogen-bond acceptors (Lipinski definition) is 2. The fraction of sp³-hybridized carbons (Fsp3) is 0.611. The Kier molecular flexibility index (Phi) is 5.04. The number of halogens is 1. The summed E-state index contributed by atoms with van der Waals surface area (Å²) in [7, 11) is 1.99. The highest BCUT2D eigenvalue weighted by Crippen LogP contribution is 2.44. The van der Waals surface area contributed by atoms with Crippen LogP contribution in [0.25, 0.3) is 0 Å². The molecule has 0 amide bonds. The van der Waals surface area contributed by atoms with E-state index in [4.69, 9.17) is 17.0 Å². The first-order chi connectivity index (χ1) is 10.6. The number of amidine groups is 1. The number of likely N-dealkylation sites (tertiary alicyclic amines) is 1. The molecular weight excluding hydrogens is 294 g/mol. The maximum atomic E-state index is 8.21. The number of unbranched alkanes of at least 4 members (excludes halogenated alkanes) is 1. The highest BCUT2D eigenvalue weighted by molar-refractivity contribution is 6.31. The second-order valence-electron chi connectivity index (χ2n) is 6.87. The van der Waals surface area contributed by atoms with E-state index in [2.05, 4.69) is 4.90 Å². The molecule has 1 aromatic carbocycles. The lowest BCUT2D eigenvalue weighted by Crippen LogP contribution is -2.26. The second kappa shape index (κ2) is 7.01. The van der Waals surface area contributed by atoms with Gasteiger partial charge in [0, 0.05) is 38.1 Å². The molecule has 1 saturated heterocycles. The van der Waals surface area contributed by atoms with E-state index in [0.29, 0.717) is 12.4 Å². The molecule has 0 bridgehead atoms. The van der Waals surface area contributed by atoms with Crippen LogP contribution in [-0.4, -0.2) is 42.3 Å². The fourth-order valence-corrected chi connectivity index (χ4v) is 3.67. The maximum absolute atomic E-state index is 8.21. The molecule has 1 heterocycles. The molecule has 2 atom stereocenters. The van der Waals surface area contributed by atoms with E-state index in [9.17, 15) is 0 Å². The van der Waals surface area contributed by atoms with Crippen molar-refractivity contribution in [2.75, 3.05) is 26.7 Å². The van der Waals surface area contributed by atoms with Crippen molar-refractivity contribution in [1.29, 1.82) is 5.41 Å². The van der Waals surface area contributed by atoms with Gasteiger partial charge in [0.1, 0.15) is 0 Å². The van der Waals surface area contributed by atoms with Crippen LogP contribution in [0.5, 0.6) is 0 Å². The summed E-state index contributed by atoms with van der Waals surface area (Å²) in [5, 5.41) is 9.00. The van der Waals surface area contributed by atoms with Crippen LogP contribution in [-0.2, 0) is 6.54 Å². The van der Waals surface area contributed by atoms with E-state index in [1.165, 1.54) is 32.5 Å². The Labute approximate surface area is 138 Å². The van der Waals surface area contributed by atoms with Crippen LogP contribution >= 0.6 is 11.6 Å². The first-order valence-corrected chi connectivity index (χ1v) is 8.75. The lowest BCUT2D eigenvalue weighted by atomic mass is 10.1. The molecule has 1 aromatic rings. The Balaban J connectivity index is 1.33. The smallest absolute Gasteiger partial charge is 0.0958 e. The van der Waals surface area contributed by atoms with Crippen molar-refractivity contribution in [3.8, 4) is 0 Å². The normalized spacial score (nSPS) is 23.4. The van der Waals surface area contributed by atoms with Gasteiger partial charge in [0.05, 0.1) is 5.84 Å². The number of hydrogen-bond donors (Lipinski definition) is 1. The maximum Gasteiger partial charge on any atom is 0.0958 e. The number of nitrogens with zero attached hydrogens (tertiary/aromatic N) is 2. The van der Waals surface area contributed by atoms with Crippen LogP contribution in [0.3, 0.4) is 0 Å². The summed E-state index contributed by atoms with van der Waals surface area (Å²) in [6, 6.07) is 7.89. The summed E-state index contributed by atoms with van der Waals surface area (Å²) in [6.07, 6.45) is 4.66. The predicted octanol–water partition coefficient (Wildman–Crippen LogP) is 3.87. The molecule has 1 N–H and O–H groups in total. The van der Waals surface area contributed by atoms with Crippen molar-refractivity contribution in [2.24, 2.45) is 11.8 Å². The molecule has 120 valence electrons. The van der Waals surface area contributed by atoms with Gasteiger partial charge in [-0.15, -0.1) is 0 Å². The third kappa shape index (κ3) is 4.02. The number of fused-ring (bicyclic) bond motifs is 1. The fourth-order valence-electron chi connectivity index (χ4n) is 3.47. The molecule has 3 nitrogen and oxygen atoms in total. The van der Waals surface area contributed by atoms with Gasteiger partial charge < -0.3 is 9.80 Å². The van der Waals surface area contributed by atoms with Crippen LogP contribution in [0.2, 0.25) is 5.02 Å². The standard InChI is InChI=1S/C18H26ClN3/c1-21(11-14-6-2-3-7-17(14)19)18(20)8-4-5-9-22-12-15-10-16(15)13-22/h2-3,6-7,15-16,20H,4-5,8-13H2,1H3. The zero-order valence-corrected chi connectivity index (χ0v) is 14.1. The first-order valence-electron chi connectivity index (χ1n) is 8.38. The van der Waals surface area contributed by atoms with E-state index in [0.717, 1.165) is 35.3 Å². The molecule has 1 aliphatic heterocycles. The minimum Gasteiger partial charge on any atom is -0.359 e. The van der Waals surface area contributed by atoms with Crippen molar-refractivity contribution in [2.45, 2.75) is 32.2 Å². The average molecular weight is 320 g/mol. The van der Waals surface area contributed by atoms with Crippen molar-refractivity contribution >= 4 is 17.4 Å². The predicted molar refractivity (Wildman–Crippen MR) is 92.5 cm³/mol. The molecule has 22 heavy (non-hydrogen) atoms. The Morgan fingerprint density at radius 1 is 1.27 bits per heavy atom. The minimum atomic E-state index is 0.712. The van der Waals surface area contributed by atoms with E-state index in [1.807, 2.05) is 36.2 Å². The van der Waals surface area contributed by atoms with Crippen LogP contribution in [0.4, 0.5) is 0 Å². The molecule has 0 aromatic heterocycles. The van der Waals surface area contributed by atoms with Gasteiger partial charge in [-0.05, 0) is 49.3 Å². The molecule has 1 saturated carbocycles. The highest BCUT2D eigenvalue weighted by atomic mass is 35.5. The molecule has 2 fully saturated rings. The lowest BCUT2D eigenvalue weighted by Gasteiger charge is -2.21. The largest absolute Gasteiger partial charge is 0.359 e. The highest BCUT2D eigenvalue weighted by Gasteiger charge is 2.44.